The maximum Gasteiger partial charge on any atom is 0.164 e. The summed E-state index contributed by atoms with van der Waals surface area (Å²) < 4.78 is 2.35. The Morgan fingerprint density at radius 1 is 1.45 bits per heavy atom. The standard InChI is InChI=1S/C15H16N4S/c1-2-13-18-11-8-16-9-17-15(11)19(13)14(10-5-6-10)12-4-3-7-20-12/h3-4,7-10,14H,2,5-6H2,1H3. The molecule has 0 radical (unpaired) electrons. The fraction of sp³-hybridized carbons (Fsp3) is 0.400. The Kier molecular flexibility index (Phi) is 2.80. The molecule has 1 fully saturated rings. The number of rotatable bonds is 4. The summed E-state index contributed by atoms with van der Waals surface area (Å²) in [4.78, 5) is 14.7. The molecule has 1 aliphatic carbocycles. The molecule has 1 unspecified atom stereocenters. The van der Waals surface area contributed by atoms with E-state index in [9.17, 15) is 0 Å². The molecule has 0 saturated heterocycles. The molecule has 3 aromatic rings. The Bertz CT molecular complexity index is 728. The summed E-state index contributed by atoms with van der Waals surface area (Å²) in [7, 11) is 0. The SMILES string of the molecule is CCc1nc2cncnc2n1C(c1cccs1)C1CC1. The zero-order valence-corrected chi connectivity index (χ0v) is 12.2. The van der Waals surface area contributed by atoms with Crippen LogP contribution in [0.1, 0.15) is 36.5 Å². The summed E-state index contributed by atoms with van der Waals surface area (Å²) in [5.74, 6) is 1.84. The first-order valence-electron chi connectivity index (χ1n) is 7.08. The number of thiophene rings is 1. The molecule has 0 spiro atoms. The summed E-state index contributed by atoms with van der Waals surface area (Å²) in [5, 5.41) is 2.16. The van der Waals surface area contributed by atoms with E-state index in [1.165, 1.54) is 17.7 Å². The van der Waals surface area contributed by atoms with Crippen LogP contribution in [-0.2, 0) is 6.42 Å². The normalized spacial score (nSPS) is 16.6. The maximum absolute atomic E-state index is 4.71. The van der Waals surface area contributed by atoms with Gasteiger partial charge in [0.2, 0.25) is 0 Å². The van der Waals surface area contributed by atoms with Gasteiger partial charge in [-0.05, 0) is 30.2 Å². The molecule has 3 aromatic heterocycles. The van der Waals surface area contributed by atoms with Crippen LogP contribution in [0.5, 0.6) is 0 Å². The summed E-state index contributed by atoms with van der Waals surface area (Å²) in [6.07, 6.45) is 6.96. The second-order valence-corrected chi connectivity index (χ2v) is 6.26. The van der Waals surface area contributed by atoms with E-state index >= 15 is 0 Å². The molecule has 5 heteroatoms. The predicted molar refractivity (Wildman–Crippen MR) is 79.9 cm³/mol. The lowest BCUT2D eigenvalue weighted by molar-refractivity contribution is 0.519. The Balaban J connectivity index is 1.94. The van der Waals surface area contributed by atoms with Gasteiger partial charge in [0.15, 0.2) is 5.65 Å². The predicted octanol–water partition coefficient (Wildman–Crippen LogP) is 3.45. The monoisotopic (exact) mass is 284 g/mol. The van der Waals surface area contributed by atoms with Gasteiger partial charge in [-0.15, -0.1) is 11.3 Å². The molecule has 0 amide bonds. The van der Waals surface area contributed by atoms with Gasteiger partial charge in [-0.1, -0.05) is 13.0 Å². The minimum absolute atomic E-state index is 0.393. The van der Waals surface area contributed by atoms with Crippen molar-refractivity contribution < 1.29 is 0 Å². The van der Waals surface area contributed by atoms with E-state index in [0.29, 0.717) is 6.04 Å². The molecule has 4 rings (SSSR count). The first kappa shape index (κ1) is 12.0. The van der Waals surface area contributed by atoms with Gasteiger partial charge >= 0.3 is 0 Å². The molecular formula is C15H16N4S. The largest absolute Gasteiger partial charge is 0.304 e. The summed E-state index contributed by atoms with van der Waals surface area (Å²) in [6.45, 7) is 2.16. The molecule has 0 N–H and O–H groups in total. The zero-order chi connectivity index (χ0) is 13.5. The molecule has 1 atom stereocenters. The Morgan fingerprint density at radius 2 is 2.35 bits per heavy atom. The number of hydrogen-bond acceptors (Lipinski definition) is 4. The average Bonchev–Trinajstić information content (AvgIpc) is 3.03. The van der Waals surface area contributed by atoms with Crippen molar-refractivity contribution in [2.75, 3.05) is 0 Å². The van der Waals surface area contributed by atoms with Gasteiger partial charge in [0.1, 0.15) is 17.7 Å². The van der Waals surface area contributed by atoms with Crippen LogP contribution in [0.2, 0.25) is 0 Å². The van der Waals surface area contributed by atoms with Gasteiger partial charge in [-0.3, -0.25) is 0 Å². The number of fused-ring (bicyclic) bond motifs is 1. The van der Waals surface area contributed by atoms with Crippen molar-refractivity contribution in [2.45, 2.75) is 32.2 Å². The lowest BCUT2D eigenvalue weighted by Gasteiger charge is -2.19. The van der Waals surface area contributed by atoms with Gasteiger partial charge in [0.25, 0.3) is 0 Å². The molecular weight excluding hydrogens is 268 g/mol. The van der Waals surface area contributed by atoms with E-state index in [1.807, 2.05) is 17.5 Å². The summed E-state index contributed by atoms with van der Waals surface area (Å²) in [5.41, 5.74) is 1.88. The second kappa shape index (κ2) is 4.66. The van der Waals surface area contributed by atoms with Crippen LogP contribution >= 0.6 is 11.3 Å². The zero-order valence-electron chi connectivity index (χ0n) is 11.4. The minimum Gasteiger partial charge on any atom is -0.304 e. The van der Waals surface area contributed by atoms with E-state index in [-0.39, 0.29) is 0 Å². The lowest BCUT2D eigenvalue weighted by Crippen LogP contribution is -2.15. The fourth-order valence-electron chi connectivity index (χ4n) is 2.88. The summed E-state index contributed by atoms with van der Waals surface area (Å²) in [6, 6.07) is 4.76. The van der Waals surface area contributed by atoms with E-state index in [4.69, 9.17) is 4.98 Å². The second-order valence-electron chi connectivity index (χ2n) is 5.28. The van der Waals surface area contributed by atoms with Crippen LogP contribution in [0.15, 0.2) is 30.0 Å². The number of aromatic nitrogens is 4. The Morgan fingerprint density at radius 3 is 3.05 bits per heavy atom. The number of nitrogens with zero attached hydrogens (tertiary/aromatic N) is 4. The minimum atomic E-state index is 0.393. The molecule has 0 aliphatic heterocycles. The third-order valence-corrected chi connectivity index (χ3v) is 4.87. The van der Waals surface area contributed by atoms with E-state index < -0.39 is 0 Å². The smallest absolute Gasteiger partial charge is 0.164 e. The molecule has 20 heavy (non-hydrogen) atoms. The topological polar surface area (TPSA) is 43.6 Å². The average molecular weight is 284 g/mol. The third kappa shape index (κ3) is 1.85. The van der Waals surface area contributed by atoms with Crippen LogP contribution in [0.25, 0.3) is 11.2 Å². The van der Waals surface area contributed by atoms with Crippen molar-refractivity contribution in [3.63, 3.8) is 0 Å². The highest BCUT2D eigenvalue weighted by atomic mass is 32.1. The number of imidazole rings is 1. The Labute approximate surface area is 121 Å². The highest BCUT2D eigenvalue weighted by Gasteiger charge is 2.36. The van der Waals surface area contributed by atoms with E-state index in [0.717, 1.165) is 29.3 Å². The highest BCUT2D eigenvalue weighted by molar-refractivity contribution is 7.10. The van der Waals surface area contributed by atoms with Gasteiger partial charge in [-0.2, -0.15) is 0 Å². The van der Waals surface area contributed by atoms with Gasteiger partial charge in [-0.25, -0.2) is 15.0 Å². The van der Waals surface area contributed by atoms with Crippen LogP contribution in [0.3, 0.4) is 0 Å². The quantitative estimate of drug-likeness (QED) is 0.737. The van der Waals surface area contributed by atoms with Crippen molar-refractivity contribution >= 4 is 22.5 Å². The molecule has 3 heterocycles. The number of aryl methyl sites for hydroxylation is 1. The third-order valence-electron chi connectivity index (χ3n) is 3.93. The summed E-state index contributed by atoms with van der Waals surface area (Å²) >= 11 is 1.83. The van der Waals surface area contributed by atoms with Crippen molar-refractivity contribution in [1.82, 2.24) is 19.5 Å². The van der Waals surface area contributed by atoms with Crippen molar-refractivity contribution in [3.8, 4) is 0 Å². The van der Waals surface area contributed by atoms with E-state index in [1.54, 1.807) is 6.33 Å². The van der Waals surface area contributed by atoms with Crippen LogP contribution in [0, 0.1) is 5.92 Å². The van der Waals surface area contributed by atoms with Crippen molar-refractivity contribution in [3.05, 3.63) is 40.7 Å². The van der Waals surface area contributed by atoms with Crippen molar-refractivity contribution in [2.24, 2.45) is 5.92 Å². The fourth-order valence-corrected chi connectivity index (χ4v) is 3.79. The molecule has 1 aliphatic rings. The molecule has 102 valence electrons. The highest BCUT2D eigenvalue weighted by Crippen LogP contribution is 2.46. The van der Waals surface area contributed by atoms with Crippen LogP contribution in [0.4, 0.5) is 0 Å². The van der Waals surface area contributed by atoms with Crippen LogP contribution < -0.4 is 0 Å². The van der Waals surface area contributed by atoms with E-state index in [2.05, 4.69) is 39.0 Å². The molecule has 1 saturated carbocycles. The number of hydrogen-bond donors (Lipinski definition) is 0. The molecule has 0 bridgehead atoms. The van der Waals surface area contributed by atoms with Crippen LogP contribution in [-0.4, -0.2) is 19.5 Å². The first-order chi connectivity index (χ1) is 9.88. The molecule has 4 nitrogen and oxygen atoms in total. The van der Waals surface area contributed by atoms with Gasteiger partial charge in [0, 0.05) is 11.3 Å². The lowest BCUT2D eigenvalue weighted by atomic mass is 10.1. The van der Waals surface area contributed by atoms with Crippen molar-refractivity contribution in [1.29, 1.82) is 0 Å². The Hall–Kier alpha value is -1.75. The van der Waals surface area contributed by atoms with Gasteiger partial charge in [0.05, 0.1) is 12.2 Å². The maximum atomic E-state index is 4.71. The molecule has 0 aromatic carbocycles. The van der Waals surface area contributed by atoms with Gasteiger partial charge < -0.3 is 4.57 Å². The first-order valence-corrected chi connectivity index (χ1v) is 7.96.